The molecule has 3 rings (SSSR count). The summed E-state index contributed by atoms with van der Waals surface area (Å²) in [7, 11) is -16.5. The van der Waals surface area contributed by atoms with Crippen molar-refractivity contribution in [2.45, 2.75) is 24.9 Å². The first kappa shape index (κ1) is 23.5. The van der Waals surface area contributed by atoms with Gasteiger partial charge in [0.15, 0.2) is 0 Å². The van der Waals surface area contributed by atoms with E-state index < -0.39 is 54.2 Å². The van der Waals surface area contributed by atoms with Crippen molar-refractivity contribution in [3.8, 4) is 0 Å². The number of aliphatic hydroxyl groups is 1. The van der Waals surface area contributed by atoms with Crippen LogP contribution in [0.5, 0.6) is 0 Å². The Labute approximate surface area is 167 Å². The lowest BCUT2D eigenvalue weighted by Gasteiger charge is -2.19. The average Bonchev–Trinajstić information content (AvgIpc) is 3.08. The second-order valence-corrected chi connectivity index (χ2v) is 10.6. The smallest absolute Gasteiger partial charge is 0.390 e. The fourth-order valence-electron chi connectivity index (χ4n) is 2.85. The topological polar surface area (TPSA) is 227 Å². The zero-order chi connectivity index (χ0) is 22.3. The number of nitrogens with one attached hydrogen (secondary N) is 1. The SMILES string of the molecule is O=c1[nH]c2ccccc2n1[C@H]1C[C@H](O)[C@@H](COP(=O)(O)OP(=O)(O)OP(=O)(O)O)O1. The van der Waals surface area contributed by atoms with Crippen LogP contribution in [0, 0.1) is 0 Å². The third kappa shape index (κ3) is 5.74. The van der Waals surface area contributed by atoms with Gasteiger partial charge in [-0.1, -0.05) is 12.1 Å². The minimum absolute atomic E-state index is 0.0772. The van der Waals surface area contributed by atoms with Crippen LogP contribution in [0.3, 0.4) is 0 Å². The predicted octanol–water partition coefficient (Wildman–Crippen LogP) is 0.321. The molecule has 1 aromatic heterocycles. The lowest BCUT2D eigenvalue weighted by Crippen LogP contribution is -2.26. The molecule has 0 spiro atoms. The molecule has 6 N–H and O–H groups in total. The third-order valence-electron chi connectivity index (χ3n) is 3.93. The largest absolute Gasteiger partial charge is 0.490 e. The monoisotopic (exact) mass is 490 g/mol. The van der Waals surface area contributed by atoms with Crippen LogP contribution in [0.15, 0.2) is 29.1 Å². The first-order chi connectivity index (χ1) is 13.8. The molecule has 1 aliphatic heterocycles. The lowest BCUT2D eigenvalue weighted by atomic mass is 10.2. The minimum Gasteiger partial charge on any atom is -0.390 e. The number of ether oxygens (including phenoxy) is 1. The summed E-state index contributed by atoms with van der Waals surface area (Å²) in [6.07, 6.45) is -3.51. The van der Waals surface area contributed by atoms with E-state index in [0.29, 0.717) is 11.0 Å². The zero-order valence-electron chi connectivity index (χ0n) is 14.7. The Balaban J connectivity index is 1.66. The molecule has 1 saturated heterocycles. The molecule has 0 saturated carbocycles. The van der Waals surface area contributed by atoms with Gasteiger partial charge in [0, 0.05) is 6.42 Å². The number of rotatable bonds is 8. The molecule has 18 heteroatoms. The van der Waals surface area contributed by atoms with Gasteiger partial charge in [-0.2, -0.15) is 8.62 Å². The van der Waals surface area contributed by atoms with Crippen molar-refractivity contribution in [3.63, 3.8) is 0 Å². The summed E-state index contributed by atoms with van der Waals surface area (Å²) in [6, 6.07) is 6.69. The van der Waals surface area contributed by atoms with E-state index in [1.165, 1.54) is 4.57 Å². The van der Waals surface area contributed by atoms with Gasteiger partial charge in [-0.15, -0.1) is 0 Å². The zero-order valence-corrected chi connectivity index (χ0v) is 17.4. The Morgan fingerprint density at radius 1 is 1.10 bits per heavy atom. The molecule has 15 nitrogen and oxygen atoms in total. The third-order valence-corrected chi connectivity index (χ3v) is 7.74. The summed E-state index contributed by atoms with van der Waals surface area (Å²) in [5.41, 5.74) is 0.507. The van der Waals surface area contributed by atoms with Crippen LogP contribution >= 0.6 is 23.5 Å². The number of para-hydroxylation sites is 2. The number of aromatic nitrogens is 2. The molecule has 0 bridgehead atoms. The lowest BCUT2D eigenvalue weighted by molar-refractivity contribution is -0.0431. The van der Waals surface area contributed by atoms with Crippen LogP contribution in [-0.2, 0) is 31.6 Å². The van der Waals surface area contributed by atoms with E-state index in [-0.39, 0.29) is 6.42 Å². The second kappa shape index (κ2) is 8.40. The molecule has 1 fully saturated rings. The molecule has 1 aliphatic rings. The Morgan fingerprint density at radius 3 is 2.43 bits per heavy atom. The van der Waals surface area contributed by atoms with E-state index in [1.54, 1.807) is 24.3 Å². The summed E-state index contributed by atoms with van der Waals surface area (Å²) in [4.78, 5) is 50.4. The van der Waals surface area contributed by atoms with E-state index in [0.717, 1.165) is 0 Å². The summed E-state index contributed by atoms with van der Waals surface area (Å²) in [5.74, 6) is 0. The van der Waals surface area contributed by atoms with Crippen LogP contribution in [0.25, 0.3) is 11.0 Å². The minimum atomic E-state index is -5.65. The van der Waals surface area contributed by atoms with Gasteiger partial charge in [0.1, 0.15) is 12.3 Å². The van der Waals surface area contributed by atoms with E-state index >= 15 is 0 Å². The van der Waals surface area contributed by atoms with Gasteiger partial charge in [0.25, 0.3) is 0 Å². The Morgan fingerprint density at radius 2 is 1.77 bits per heavy atom. The normalized spacial score (nSPS) is 26.5. The predicted molar refractivity (Wildman–Crippen MR) is 96.9 cm³/mol. The van der Waals surface area contributed by atoms with E-state index in [2.05, 4.69) is 18.1 Å². The molecule has 1 aromatic carbocycles. The number of aliphatic hydroxyl groups excluding tert-OH is 1. The van der Waals surface area contributed by atoms with Gasteiger partial charge in [-0.3, -0.25) is 9.09 Å². The molecular formula is C12H17N2O13P3. The number of aromatic amines is 1. The van der Waals surface area contributed by atoms with Crippen molar-refractivity contribution in [3.05, 3.63) is 34.7 Å². The molecule has 0 radical (unpaired) electrons. The van der Waals surface area contributed by atoms with E-state index in [1.807, 2.05) is 0 Å². The summed E-state index contributed by atoms with van der Waals surface area (Å²) in [5, 5.41) is 10.1. The van der Waals surface area contributed by atoms with Gasteiger partial charge < -0.3 is 34.4 Å². The highest BCUT2D eigenvalue weighted by Crippen LogP contribution is 2.66. The standard InChI is InChI=1S/C12H17N2O13P3/c15-9-5-11(14-8-4-2-1-3-7(8)13-12(14)16)25-10(9)6-24-29(20,21)27-30(22,23)26-28(17,18)19/h1-4,9-11,15H,5-6H2,(H,13,16)(H,20,21)(H,22,23)(H2,17,18,19)/t9-,10+,11+/m0/s1. The van der Waals surface area contributed by atoms with Crippen LogP contribution in [0.4, 0.5) is 0 Å². The van der Waals surface area contributed by atoms with Gasteiger partial charge >= 0.3 is 29.2 Å². The Hall–Kier alpha value is -1.18. The molecule has 5 atom stereocenters. The maximum atomic E-state index is 12.2. The fraction of sp³-hybridized carbons (Fsp3) is 0.417. The van der Waals surface area contributed by atoms with Crippen molar-refractivity contribution >= 4 is 34.5 Å². The molecular weight excluding hydrogens is 473 g/mol. The van der Waals surface area contributed by atoms with Gasteiger partial charge in [0.2, 0.25) is 0 Å². The summed E-state index contributed by atoms with van der Waals surface area (Å²) < 4.78 is 52.1. The molecule has 2 heterocycles. The number of fused-ring (bicyclic) bond motifs is 1. The Bertz CT molecular complexity index is 1120. The first-order valence-electron chi connectivity index (χ1n) is 8.07. The average molecular weight is 490 g/mol. The number of nitrogens with zero attached hydrogens (tertiary/aromatic N) is 1. The number of benzene rings is 1. The van der Waals surface area contributed by atoms with Crippen molar-refractivity contribution in [1.29, 1.82) is 0 Å². The van der Waals surface area contributed by atoms with Crippen molar-refractivity contribution in [2.24, 2.45) is 0 Å². The quantitative estimate of drug-likeness (QED) is 0.274. The maximum absolute atomic E-state index is 12.2. The van der Waals surface area contributed by atoms with E-state index in [4.69, 9.17) is 19.4 Å². The van der Waals surface area contributed by atoms with Gasteiger partial charge in [-0.25, -0.2) is 18.5 Å². The highest BCUT2D eigenvalue weighted by atomic mass is 31.3. The van der Waals surface area contributed by atoms with Crippen LogP contribution in [-0.4, -0.2) is 53.0 Å². The van der Waals surface area contributed by atoms with E-state index in [9.17, 15) is 28.5 Å². The van der Waals surface area contributed by atoms with Gasteiger partial charge in [0.05, 0.1) is 23.7 Å². The van der Waals surface area contributed by atoms with Crippen molar-refractivity contribution < 1.29 is 56.3 Å². The molecule has 0 aliphatic carbocycles. The van der Waals surface area contributed by atoms with Crippen LogP contribution < -0.4 is 5.69 Å². The Kier molecular flexibility index (Phi) is 6.57. The number of phosphoric ester groups is 1. The molecule has 30 heavy (non-hydrogen) atoms. The molecule has 2 aromatic rings. The summed E-state index contributed by atoms with van der Waals surface area (Å²) >= 11 is 0. The molecule has 168 valence electrons. The first-order valence-corrected chi connectivity index (χ1v) is 12.6. The van der Waals surface area contributed by atoms with Crippen molar-refractivity contribution in [2.75, 3.05) is 6.61 Å². The summed E-state index contributed by atoms with van der Waals surface area (Å²) in [6.45, 7) is -0.821. The number of phosphoric acid groups is 3. The number of imidazole rings is 1. The number of hydrogen-bond acceptors (Lipinski definition) is 9. The molecule has 2 unspecified atom stereocenters. The molecule has 0 amide bonds. The second-order valence-electron chi connectivity index (χ2n) is 6.14. The highest BCUT2D eigenvalue weighted by molar-refractivity contribution is 7.66. The fourth-order valence-corrected chi connectivity index (χ4v) is 5.88. The van der Waals surface area contributed by atoms with Crippen molar-refractivity contribution in [1.82, 2.24) is 9.55 Å². The van der Waals surface area contributed by atoms with Gasteiger partial charge in [-0.05, 0) is 12.1 Å². The van der Waals surface area contributed by atoms with Crippen LogP contribution in [0.1, 0.15) is 12.6 Å². The number of hydrogen-bond donors (Lipinski definition) is 6. The highest BCUT2D eigenvalue weighted by Gasteiger charge is 2.43. The maximum Gasteiger partial charge on any atom is 0.490 e. The number of H-pyrrole nitrogens is 1. The van der Waals surface area contributed by atoms with Crippen LogP contribution in [0.2, 0.25) is 0 Å².